The number of imidazole rings is 1. The zero-order chi connectivity index (χ0) is 17.2. The number of rotatable bonds is 8. The van der Waals surface area contributed by atoms with Gasteiger partial charge in [-0.15, -0.1) is 24.0 Å². The quantitative estimate of drug-likeness (QED) is 0.276. The van der Waals surface area contributed by atoms with E-state index in [0.717, 1.165) is 37.8 Å². The van der Waals surface area contributed by atoms with Gasteiger partial charge >= 0.3 is 0 Å². The van der Waals surface area contributed by atoms with E-state index in [1.54, 1.807) is 0 Å². The summed E-state index contributed by atoms with van der Waals surface area (Å²) in [5.74, 6) is 1.93. The fraction of sp³-hybridized carbons (Fsp3) is 0.474. The molecule has 0 radical (unpaired) electrons. The molecule has 0 unspecified atom stereocenters. The van der Waals surface area contributed by atoms with Crippen molar-refractivity contribution < 1.29 is 0 Å². The van der Waals surface area contributed by atoms with Gasteiger partial charge in [-0.25, -0.2) is 9.98 Å². The molecule has 0 saturated heterocycles. The molecule has 0 amide bonds. The third-order valence-corrected chi connectivity index (χ3v) is 3.85. The van der Waals surface area contributed by atoms with Gasteiger partial charge in [0.1, 0.15) is 5.82 Å². The number of hydrogen-bond acceptors (Lipinski definition) is 2. The standard InChI is InChI=1S/C19H29N5.HI/c1-4-6-10-22-19(20-5-2)23-14-17-8-7-9-18(13-17)15-24-12-11-21-16(24)3;/h7-9,11-13H,4-6,10,14-15H2,1-3H3,(H2,20,22,23);1H. The topological polar surface area (TPSA) is 54.2 Å². The number of halogens is 1. The number of unbranched alkanes of at least 4 members (excludes halogenated alkanes) is 1. The SMILES string of the molecule is CCCCNC(=NCc1cccc(Cn2ccnc2C)c1)NCC.I. The van der Waals surface area contributed by atoms with Gasteiger partial charge in [-0.05, 0) is 31.4 Å². The Morgan fingerprint density at radius 1 is 1.20 bits per heavy atom. The summed E-state index contributed by atoms with van der Waals surface area (Å²) in [5.41, 5.74) is 2.49. The van der Waals surface area contributed by atoms with E-state index in [-0.39, 0.29) is 24.0 Å². The van der Waals surface area contributed by atoms with E-state index in [1.165, 1.54) is 17.5 Å². The van der Waals surface area contributed by atoms with E-state index in [9.17, 15) is 0 Å². The van der Waals surface area contributed by atoms with Crippen molar-refractivity contribution >= 4 is 29.9 Å². The van der Waals surface area contributed by atoms with E-state index in [1.807, 2.05) is 19.3 Å². The third-order valence-electron chi connectivity index (χ3n) is 3.85. The highest BCUT2D eigenvalue weighted by Gasteiger charge is 2.01. The predicted octanol–water partition coefficient (Wildman–Crippen LogP) is 3.71. The van der Waals surface area contributed by atoms with Gasteiger partial charge in [-0.2, -0.15) is 0 Å². The summed E-state index contributed by atoms with van der Waals surface area (Å²) in [6.07, 6.45) is 6.20. The molecule has 25 heavy (non-hydrogen) atoms. The second kappa shape index (κ2) is 11.9. The minimum atomic E-state index is 0. The lowest BCUT2D eigenvalue weighted by atomic mass is 10.1. The van der Waals surface area contributed by atoms with Gasteiger partial charge in [-0.1, -0.05) is 37.6 Å². The number of benzene rings is 1. The molecule has 0 bridgehead atoms. The minimum Gasteiger partial charge on any atom is -0.357 e. The molecule has 2 rings (SSSR count). The van der Waals surface area contributed by atoms with Crippen LogP contribution in [0, 0.1) is 6.92 Å². The number of aliphatic imine (C=N–C) groups is 1. The molecule has 2 N–H and O–H groups in total. The molecule has 0 saturated carbocycles. The van der Waals surface area contributed by atoms with Crippen LogP contribution in [-0.2, 0) is 13.1 Å². The Hall–Kier alpha value is -1.57. The molecule has 0 atom stereocenters. The second-order valence-corrected chi connectivity index (χ2v) is 5.90. The van der Waals surface area contributed by atoms with Crippen molar-refractivity contribution in [1.82, 2.24) is 20.2 Å². The molecule has 0 fully saturated rings. The summed E-state index contributed by atoms with van der Waals surface area (Å²) < 4.78 is 2.15. The molecule has 1 aromatic heterocycles. The van der Waals surface area contributed by atoms with Crippen LogP contribution in [0.5, 0.6) is 0 Å². The molecule has 0 spiro atoms. The first kappa shape index (κ1) is 21.5. The summed E-state index contributed by atoms with van der Waals surface area (Å²) in [6, 6.07) is 8.60. The van der Waals surface area contributed by atoms with E-state index in [4.69, 9.17) is 0 Å². The maximum atomic E-state index is 4.69. The lowest BCUT2D eigenvalue weighted by Crippen LogP contribution is -2.37. The first-order valence-corrected chi connectivity index (χ1v) is 8.80. The molecule has 0 aliphatic rings. The van der Waals surface area contributed by atoms with Crippen LogP contribution in [0.4, 0.5) is 0 Å². The van der Waals surface area contributed by atoms with Gasteiger partial charge in [0.15, 0.2) is 5.96 Å². The van der Waals surface area contributed by atoms with Crippen molar-refractivity contribution in [2.24, 2.45) is 4.99 Å². The smallest absolute Gasteiger partial charge is 0.191 e. The van der Waals surface area contributed by atoms with E-state index in [0.29, 0.717) is 6.54 Å². The summed E-state index contributed by atoms with van der Waals surface area (Å²) in [5, 5.41) is 6.67. The Morgan fingerprint density at radius 2 is 2.00 bits per heavy atom. The zero-order valence-corrected chi connectivity index (χ0v) is 17.8. The molecule has 0 aliphatic carbocycles. The Morgan fingerprint density at radius 3 is 2.68 bits per heavy atom. The van der Waals surface area contributed by atoms with E-state index >= 15 is 0 Å². The second-order valence-electron chi connectivity index (χ2n) is 5.90. The first-order valence-electron chi connectivity index (χ1n) is 8.80. The van der Waals surface area contributed by atoms with Crippen molar-refractivity contribution in [3.63, 3.8) is 0 Å². The van der Waals surface area contributed by atoms with E-state index in [2.05, 4.69) is 63.3 Å². The largest absolute Gasteiger partial charge is 0.357 e. The average Bonchev–Trinajstić information content (AvgIpc) is 2.98. The van der Waals surface area contributed by atoms with Gasteiger partial charge in [0.2, 0.25) is 0 Å². The third kappa shape index (κ3) is 7.46. The molecule has 0 aliphatic heterocycles. The molecule has 6 heteroatoms. The molecule has 138 valence electrons. The van der Waals surface area contributed by atoms with Crippen LogP contribution in [0.25, 0.3) is 0 Å². The molecular weight excluding hydrogens is 425 g/mol. The van der Waals surface area contributed by atoms with Crippen LogP contribution in [0.15, 0.2) is 41.7 Å². The number of aromatic nitrogens is 2. The molecule has 1 heterocycles. The van der Waals surface area contributed by atoms with Crippen molar-refractivity contribution in [2.45, 2.75) is 46.7 Å². The number of nitrogens with zero attached hydrogens (tertiary/aromatic N) is 3. The van der Waals surface area contributed by atoms with Crippen LogP contribution in [0.1, 0.15) is 43.6 Å². The lowest BCUT2D eigenvalue weighted by molar-refractivity contribution is 0.730. The normalized spacial score (nSPS) is 11.1. The number of nitrogens with one attached hydrogen (secondary N) is 2. The number of hydrogen-bond donors (Lipinski definition) is 2. The maximum absolute atomic E-state index is 4.69. The number of aryl methyl sites for hydroxylation is 1. The Kier molecular flexibility index (Phi) is 10.2. The van der Waals surface area contributed by atoms with Crippen LogP contribution < -0.4 is 10.6 Å². The van der Waals surface area contributed by atoms with Gasteiger partial charge in [-0.3, -0.25) is 0 Å². The summed E-state index contributed by atoms with van der Waals surface area (Å²) in [7, 11) is 0. The summed E-state index contributed by atoms with van der Waals surface area (Å²) in [4.78, 5) is 8.96. The highest BCUT2D eigenvalue weighted by molar-refractivity contribution is 14.0. The highest BCUT2D eigenvalue weighted by Crippen LogP contribution is 2.09. The van der Waals surface area contributed by atoms with Crippen molar-refractivity contribution in [3.05, 3.63) is 53.6 Å². The Labute approximate surface area is 168 Å². The lowest BCUT2D eigenvalue weighted by Gasteiger charge is -2.11. The fourth-order valence-electron chi connectivity index (χ4n) is 2.49. The van der Waals surface area contributed by atoms with Crippen LogP contribution in [0.3, 0.4) is 0 Å². The minimum absolute atomic E-state index is 0. The van der Waals surface area contributed by atoms with Crippen molar-refractivity contribution in [2.75, 3.05) is 13.1 Å². The van der Waals surface area contributed by atoms with Gasteiger partial charge in [0, 0.05) is 32.0 Å². The molecular formula is C19H30IN5. The van der Waals surface area contributed by atoms with Gasteiger partial charge in [0.25, 0.3) is 0 Å². The summed E-state index contributed by atoms with van der Waals surface area (Å²) in [6.45, 7) is 9.67. The first-order chi connectivity index (χ1) is 11.7. The van der Waals surface area contributed by atoms with Crippen LogP contribution >= 0.6 is 24.0 Å². The fourth-order valence-corrected chi connectivity index (χ4v) is 2.49. The number of guanidine groups is 1. The average molecular weight is 455 g/mol. The van der Waals surface area contributed by atoms with Crippen molar-refractivity contribution in [1.29, 1.82) is 0 Å². The van der Waals surface area contributed by atoms with Crippen molar-refractivity contribution in [3.8, 4) is 0 Å². The summed E-state index contributed by atoms with van der Waals surface area (Å²) >= 11 is 0. The Bertz CT molecular complexity index is 651. The van der Waals surface area contributed by atoms with Crippen LogP contribution in [0.2, 0.25) is 0 Å². The van der Waals surface area contributed by atoms with Gasteiger partial charge in [0.05, 0.1) is 6.54 Å². The predicted molar refractivity (Wildman–Crippen MR) is 116 cm³/mol. The molecule has 1 aromatic carbocycles. The van der Waals surface area contributed by atoms with Crippen LogP contribution in [-0.4, -0.2) is 28.6 Å². The Balaban J connectivity index is 0.00000312. The zero-order valence-electron chi connectivity index (χ0n) is 15.5. The molecule has 5 nitrogen and oxygen atoms in total. The molecule has 2 aromatic rings. The monoisotopic (exact) mass is 455 g/mol. The van der Waals surface area contributed by atoms with E-state index < -0.39 is 0 Å². The van der Waals surface area contributed by atoms with Gasteiger partial charge < -0.3 is 15.2 Å². The maximum Gasteiger partial charge on any atom is 0.191 e. The highest BCUT2D eigenvalue weighted by atomic mass is 127.